The summed E-state index contributed by atoms with van der Waals surface area (Å²) in [5, 5.41) is 9.88. The van der Waals surface area contributed by atoms with Gasteiger partial charge in [-0.1, -0.05) is 6.07 Å². The van der Waals surface area contributed by atoms with Gasteiger partial charge in [-0.15, -0.1) is 0 Å². The van der Waals surface area contributed by atoms with Crippen LogP contribution in [0.15, 0.2) is 35.9 Å². The molecule has 0 aromatic heterocycles. The van der Waals surface area contributed by atoms with E-state index >= 15 is 0 Å². The molecule has 0 unspecified atom stereocenters. The van der Waals surface area contributed by atoms with E-state index in [1.54, 1.807) is 30.3 Å². The van der Waals surface area contributed by atoms with Gasteiger partial charge in [0.2, 0.25) is 0 Å². The molecule has 0 atom stereocenters. The van der Waals surface area contributed by atoms with Crippen molar-refractivity contribution < 1.29 is 28.8 Å². The maximum Gasteiger partial charge on any atom is 0.199 e. The van der Waals surface area contributed by atoms with Crippen LogP contribution in [0.3, 0.4) is 0 Å². The Kier molecular flexibility index (Phi) is 4.52. The maximum absolute atomic E-state index is 12.9. The first-order valence-corrected chi connectivity index (χ1v) is 7.58. The van der Waals surface area contributed by atoms with Crippen LogP contribution < -0.4 is 18.9 Å². The van der Waals surface area contributed by atoms with Crippen LogP contribution in [0.2, 0.25) is 0 Å². The molecule has 0 aliphatic carbocycles. The van der Waals surface area contributed by atoms with Crippen LogP contribution in [0.5, 0.6) is 28.7 Å². The van der Waals surface area contributed by atoms with Gasteiger partial charge in [0.15, 0.2) is 17.3 Å². The normalized spacial score (nSPS) is 14.7. The second kappa shape index (κ2) is 6.76. The molecule has 0 spiro atoms. The van der Waals surface area contributed by atoms with Gasteiger partial charge in [-0.25, -0.2) is 0 Å². The minimum atomic E-state index is -0.184. The number of rotatable bonds is 4. The highest BCUT2D eigenvalue weighted by molar-refractivity contribution is 6.15. The van der Waals surface area contributed by atoms with Gasteiger partial charge in [-0.2, -0.15) is 0 Å². The van der Waals surface area contributed by atoms with Crippen LogP contribution in [-0.2, 0) is 0 Å². The third kappa shape index (κ3) is 3.10. The van der Waals surface area contributed by atoms with E-state index in [0.29, 0.717) is 39.7 Å². The minimum absolute atomic E-state index is 0.00347. The largest absolute Gasteiger partial charge is 0.504 e. The maximum atomic E-state index is 12.9. The fourth-order valence-corrected chi connectivity index (χ4v) is 2.67. The van der Waals surface area contributed by atoms with Crippen LogP contribution in [0.25, 0.3) is 6.08 Å². The number of fused-ring (bicyclic) bond motifs is 1. The Balaban J connectivity index is 2.00. The highest BCUT2D eigenvalue weighted by Gasteiger charge is 2.28. The van der Waals surface area contributed by atoms with E-state index < -0.39 is 0 Å². The highest BCUT2D eigenvalue weighted by Crippen LogP contribution is 2.39. The minimum Gasteiger partial charge on any atom is -0.504 e. The van der Waals surface area contributed by atoms with Crippen molar-refractivity contribution in [2.45, 2.75) is 0 Å². The number of carbonyl (C=O) groups is 1. The van der Waals surface area contributed by atoms with Crippen molar-refractivity contribution >= 4 is 11.9 Å². The zero-order chi connectivity index (χ0) is 18.0. The van der Waals surface area contributed by atoms with Crippen molar-refractivity contribution in [3.8, 4) is 28.7 Å². The van der Waals surface area contributed by atoms with Gasteiger partial charge in [0, 0.05) is 17.7 Å². The molecule has 2 aromatic carbocycles. The first kappa shape index (κ1) is 16.7. The number of carbonyl (C=O) groups excluding carboxylic acids is 1. The summed E-state index contributed by atoms with van der Waals surface area (Å²) >= 11 is 0. The molecule has 1 heterocycles. The molecular weight excluding hydrogens is 324 g/mol. The Morgan fingerprint density at radius 1 is 1.04 bits per heavy atom. The van der Waals surface area contributed by atoms with Gasteiger partial charge >= 0.3 is 0 Å². The number of methoxy groups -OCH3 is 3. The molecule has 0 saturated heterocycles. The van der Waals surface area contributed by atoms with Crippen molar-refractivity contribution in [2.75, 3.05) is 27.9 Å². The average molecular weight is 342 g/mol. The van der Waals surface area contributed by atoms with Gasteiger partial charge in [0.05, 0.1) is 21.3 Å². The van der Waals surface area contributed by atoms with Crippen molar-refractivity contribution in [3.05, 3.63) is 47.0 Å². The zero-order valence-corrected chi connectivity index (χ0v) is 14.2. The summed E-state index contributed by atoms with van der Waals surface area (Å²) < 4.78 is 21.2. The highest BCUT2D eigenvalue weighted by atomic mass is 16.5. The predicted octanol–water partition coefficient (Wildman–Crippen LogP) is 3.08. The van der Waals surface area contributed by atoms with Crippen LogP contribution >= 0.6 is 0 Å². The lowest BCUT2D eigenvalue weighted by molar-refractivity contribution is 0.0997. The van der Waals surface area contributed by atoms with Gasteiger partial charge in [-0.3, -0.25) is 4.79 Å². The van der Waals surface area contributed by atoms with Gasteiger partial charge in [0.25, 0.3) is 0 Å². The second-order valence-electron chi connectivity index (χ2n) is 5.42. The Bertz CT molecular complexity index is 836. The fourth-order valence-electron chi connectivity index (χ4n) is 2.67. The lowest BCUT2D eigenvalue weighted by atomic mass is 9.97. The molecule has 1 N–H and O–H groups in total. The SMILES string of the molecule is COc1cc(OC)c2c(c1)OC/C(=C\c1ccc(OC)c(O)c1)C2=O. The quantitative estimate of drug-likeness (QED) is 0.861. The Hall–Kier alpha value is -3.15. The molecule has 2 aromatic rings. The first-order valence-electron chi connectivity index (χ1n) is 7.58. The predicted molar refractivity (Wildman–Crippen MR) is 92.0 cm³/mol. The Morgan fingerprint density at radius 2 is 1.80 bits per heavy atom. The van der Waals surface area contributed by atoms with Crippen LogP contribution in [0.1, 0.15) is 15.9 Å². The van der Waals surface area contributed by atoms with E-state index in [0.717, 1.165) is 0 Å². The van der Waals surface area contributed by atoms with E-state index in [1.807, 2.05) is 0 Å². The molecule has 0 saturated carbocycles. The van der Waals surface area contributed by atoms with Crippen LogP contribution in [0, 0.1) is 0 Å². The lowest BCUT2D eigenvalue weighted by Crippen LogP contribution is -2.20. The second-order valence-corrected chi connectivity index (χ2v) is 5.42. The standard InChI is InChI=1S/C19H18O6/c1-22-13-8-16(24-3)18-17(9-13)25-10-12(19(18)21)6-11-4-5-15(23-2)14(20)7-11/h4-9,20H,10H2,1-3H3/b12-6+. The summed E-state index contributed by atoms with van der Waals surface area (Å²) in [5.41, 5.74) is 1.49. The third-order valence-corrected chi connectivity index (χ3v) is 3.94. The molecule has 25 heavy (non-hydrogen) atoms. The third-order valence-electron chi connectivity index (χ3n) is 3.94. The summed E-state index contributed by atoms with van der Waals surface area (Å²) in [6, 6.07) is 8.21. The number of phenolic OH excluding ortho intramolecular Hbond substituents is 1. The fraction of sp³-hybridized carbons (Fsp3) is 0.211. The first-order chi connectivity index (χ1) is 12.1. The Morgan fingerprint density at radius 3 is 2.44 bits per heavy atom. The van der Waals surface area contributed by atoms with Crippen LogP contribution in [-0.4, -0.2) is 38.8 Å². The van der Waals surface area contributed by atoms with Crippen molar-refractivity contribution in [1.29, 1.82) is 0 Å². The van der Waals surface area contributed by atoms with Crippen molar-refractivity contribution in [2.24, 2.45) is 0 Å². The molecule has 0 fully saturated rings. The number of benzene rings is 2. The van der Waals surface area contributed by atoms with Gasteiger partial charge < -0.3 is 24.1 Å². The van der Waals surface area contributed by atoms with Crippen molar-refractivity contribution in [1.82, 2.24) is 0 Å². The summed E-state index contributed by atoms with van der Waals surface area (Å²) in [4.78, 5) is 12.9. The number of ketones is 1. The smallest absolute Gasteiger partial charge is 0.199 e. The van der Waals surface area contributed by atoms with E-state index in [-0.39, 0.29) is 18.1 Å². The van der Waals surface area contributed by atoms with E-state index in [9.17, 15) is 9.90 Å². The summed E-state index contributed by atoms with van der Waals surface area (Å²) in [6.45, 7) is 0.120. The average Bonchev–Trinajstić information content (AvgIpc) is 2.63. The number of aromatic hydroxyl groups is 1. The van der Waals surface area contributed by atoms with Crippen LogP contribution in [0.4, 0.5) is 0 Å². The molecule has 0 bridgehead atoms. The number of hydrogen-bond acceptors (Lipinski definition) is 6. The molecule has 6 nitrogen and oxygen atoms in total. The molecule has 0 amide bonds. The van der Waals surface area contributed by atoms with Gasteiger partial charge in [0.1, 0.15) is 29.4 Å². The molecular formula is C19H18O6. The summed E-state index contributed by atoms with van der Waals surface area (Å²) in [7, 11) is 4.50. The number of phenols is 1. The summed E-state index contributed by atoms with van der Waals surface area (Å²) in [6.07, 6.45) is 1.67. The molecule has 1 aliphatic rings. The van der Waals surface area contributed by atoms with E-state index in [2.05, 4.69) is 0 Å². The zero-order valence-electron chi connectivity index (χ0n) is 14.2. The molecule has 0 radical (unpaired) electrons. The van der Waals surface area contributed by atoms with E-state index in [4.69, 9.17) is 18.9 Å². The monoisotopic (exact) mass is 342 g/mol. The molecule has 130 valence electrons. The van der Waals surface area contributed by atoms with Crippen molar-refractivity contribution in [3.63, 3.8) is 0 Å². The van der Waals surface area contributed by atoms with E-state index in [1.165, 1.54) is 27.4 Å². The summed E-state index contributed by atoms with van der Waals surface area (Å²) in [5.74, 6) is 1.56. The number of Topliss-reactive ketones (excluding diaryl/α,β-unsaturated/α-hetero) is 1. The van der Waals surface area contributed by atoms with Gasteiger partial charge in [-0.05, 0) is 23.8 Å². The lowest BCUT2D eigenvalue weighted by Gasteiger charge is -2.21. The Labute approximate surface area is 145 Å². The molecule has 3 rings (SSSR count). The topological polar surface area (TPSA) is 74.2 Å². The molecule has 1 aliphatic heterocycles. The molecule has 6 heteroatoms. The number of ether oxygens (including phenoxy) is 4. The number of hydrogen-bond donors (Lipinski definition) is 1.